The van der Waals surface area contributed by atoms with Crippen molar-refractivity contribution in [1.82, 2.24) is 0 Å². The molecule has 0 aliphatic heterocycles. The van der Waals surface area contributed by atoms with E-state index in [9.17, 15) is 76.3 Å². The van der Waals surface area contributed by atoms with Crippen molar-refractivity contribution < 1.29 is 99.0 Å². The molecule has 168 valence electrons. The van der Waals surface area contributed by atoms with Gasteiger partial charge in [-0.2, -0.15) is 0 Å². The molecular weight excluding hydrogens is 722 g/mol. The van der Waals surface area contributed by atoms with Crippen LogP contribution >= 0.6 is 46.9 Å². The van der Waals surface area contributed by atoms with Crippen molar-refractivity contribution in [1.29, 1.82) is 0 Å². The van der Waals surface area contributed by atoms with E-state index < -0.39 is 46.9 Å². The molecular formula is H2Ca5O21P6. The minimum atomic E-state index is -5.97. The van der Waals surface area contributed by atoms with Crippen LogP contribution in [0.1, 0.15) is 0 Å². The van der Waals surface area contributed by atoms with Gasteiger partial charge in [-0.3, -0.25) is 26.4 Å². The molecule has 0 spiro atoms. The van der Waals surface area contributed by atoms with Crippen molar-refractivity contribution in [3.8, 4) is 0 Å². The molecule has 32 heavy (non-hydrogen) atoms. The maximum Gasteiger partial charge on any atom is 2.00 e. The zero-order valence-corrected chi connectivity index (χ0v) is 31.3. The molecule has 0 amide bonds. The molecule has 0 unspecified atom stereocenters. The van der Waals surface area contributed by atoms with Gasteiger partial charge in [0, 0.05) is 0 Å². The average molecular weight is 724 g/mol. The Kier molecular flexibility index (Phi) is 43.3. The summed E-state index contributed by atoms with van der Waals surface area (Å²) in [6, 6.07) is 0. The second kappa shape index (κ2) is 23.6. The zero-order valence-electron chi connectivity index (χ0n) is 14.9. The fourth-order valence-electron chi connectivity index (χ4n) is 0.520. The monoisotopic (exact) mass is 724 g/mol. The number of phosphoric acid groups is 6. The molecule has 0 radical (unpaired) electrons. The molecule has 0 saturated carbocycles. The molecule has 21 nitrogen and oxygen atoms in total. The number of hydrogen-bond donors (Lipinski definition) is 0. The van der Waals surface area contributed by atoms with E-state index in [0.717, 1.165) is 0 Å². The van der Waals surface area contributed by atoms with Crippen molar-refractivity contribution in [3.05, 3.63) is 0 Å². The standard InChI is InChI=1S/5Ca.2H5O10P3.H2O/c;;;;;2*1-11(2,3)9-13(7,8)10-12(4,5)6;/h;;;;;2*(H,7,8)(H2,1,2,3)(H2,4,5,6);1H2/q5*+2;;;/p-10. The third kappa shape index (κ3) is 50.0. The number of hydrogen-bond acceptors (Lipinski definition) is 20. The summed E-state index contributed by atoms with van der Waals surface area (Å²) in [6.45, 7) is 0. The van der Waals surface area contributed by atoms with Crippen LogP contribution in [0, 0.1) is 0 Å². The molecule has 2 N–H and O–H groups in total. The minimum Gasteiger partial charge on any atom is -0.790 e. The fraction of sp³-hybridized carbons (Fsp3) is 0. The quantitative estimate of drug-likeness (QED) is 0.166. The van der Waals surface area contributed by atoms with Gasteiger partial charge in [-0.25, -0.2) is 0 Å². The SMILES string of the molecule is O.O=P([O-])([O-])OP(=O)([O-])OP(=O)([O-])[O-].O=P([O-])([O-])OP(=O)([O-])OP(=O)([O-])[O-].[Ca+2].[Ca+2].[Ca+2].[Ca+2].[Ca+2]. The minimum absolute atomic E-state index is 0. The van der Waals surface area contributed by atoms with Crippen LogP contribution in [-0.2, 0) is 44.6 Å². The first-order valence-corrected chi connectivity index (χ1v) is 13.1. The third-order valence-corrected chi connectivity index (χ3v) is 7.20. The summed E-state index contributed by atoms with van der Waals surface area (Å²) >= 11 is 0. The molecule has 0 atom stereocenters. The Balaban J connectivity index is -0.0000000505. The Labute approximate surface area is 327 Å². The van der Waals surface area contributed by atoms with Gasteiger partial charge in [0.1, 0.15) is 0 Å². The van der Waals surface area contributed by atoms with E-state index in [-0.39, 0.29) is 194 Å². The van der Waals surface area contributed by atoms with Crippen LogP contribution in [0.5, 0.6) is 0 Å². The summed E-state index contributed by atoms with van der Waals surface area (Å²) < 4.78 is 69.4. The van der Waals surface area contributed by atoms with E-state index >= 15 is 0 Å². The van der Waals surface area contributed by atoms with Gasteiger partial charge in [0.05, 0.1) is 31.3 Å². The Bertz CT molecular complexity index is 629. The summed E-state index contributed by atoms with van der Waals surface area (Å²) in [7, 11) is -35.8. The largest absolute Gasteiger partial charge is 2.00 e. The van der Waals surface area contributed by atoms with Gasteiger partial charge in [-0.15, -0.1) is 0 Å². The zero-order chi connectivity index (χ0) is 21.8. The molecule has 0 aromatic heterocycles. The van der Waals surface area contributed by atoms with Gasteiger partial charge in [0.15, 0.2) is 0 Å². The van der Waals surface area contributed by atoms with E-state index in [4.69, 9.17) is 0 Å². The van der Waals surface area contributed by atoms with Gasteiger partial charge < -0.3 is 72.7 Å². The van der Waals surface area contributed by atoms with E-state index in [1.54, 1.807) is 0 Å². The summed E-state index contributed by atoms with van der Waals surface area (Å²) in [5, 5.41) is 0. The van der Waals surface area contributed by atoms with Crippen LogP contribution in [0.3, 0.4) is 0 Å². The first-order chi connectivity index (χ1) is 10.8. The van der Waals surface area contributed by atoms with E-state index in [0.29, 0.717) is 0 Å². The van der Waals surface area contributed by atoms with Gasteiger partial charge >= 0.3 is 189 Å². The molecule has 0 saturated heterocycles. The van der Waals surface area contributed by atoms with Gasteiger partial charge in [0.25, 0.3) is 15.6 Å². The van der Waals surface area contributed by atoms with Crippen LogP contribution in [0.4, 0.5) is 0 Å². The van der Waals surface area contributed by atoms with Crippen molar-refractivity contribution in [2.24, 2.45) is 0 Å². The van der Waals surface area contributed by atoms with E-state index in [1.807, 2.05) is 0 Å². The van der Waals surface area contributed by atoms with Crippen LogP contribution in [-0.4, -0.2) is 194 Å². The van der Waals surface area contributed by atoms with Crippen LogP contribution in [0.2, 0.25) is 0 Å². The molecule has 0 aromatic rings. The second-order valence-electron chi connectivity index (χ2n) is 3.01. The fourth-order valence-corrected chi connectivity index (χ4v) is 5.21. The summed E-state index contributed by atoms with van der Waals surface area (Å²) in [5.74, 6) is 0. The van der Waals surface area contributed by atoms with Crippen LogP contribution in [0.25, 0.3) is 0 Å². The predicted octanol–water partition coefficient (Wildman–Crippen LogP) is -10.4. The Hall–Kier alpha value is 7.08. The molecule has 32 heteroatoms. The summed E-state index contributed by atoms with van der Waals surface area (Å²) in [6.07, 6.45) is 0. The molecule has 0 heterocycles. The average Bonchev–Trinajstić information content (AvgIpc) is 1.97. The van der Waals surface area contributed by atoms with Crippen LogP contribution in [0.15, 0.2) is 0 Å². The first kappa shape index (κ1) is 58.7. The van der Waals surface area contributed by atoms with Gasteiger partial charge in [0.2, 0.25) is 0 Å². The Morgan fingerprint density at radius 2 is 0.438 bits per heavy atom. The maximum atomic E-state index is 10.1. The Morgan fingerprint density at radius 3 is 0.500 bits per heavy atom. The molecule has 0 bridgehead atoms. The summed E-state index contributed by atoms with van der Waals surface area (Å²) in [5.41, 5.74) is 0. The van der Waals surface area contributed by atoms with Crippen molar-refractivity contribution in [2.45, 2.75) is 0 Å². The normalized spacial score (nSPS) is 11.8. The molecule has 0 fully saturated rings. The van der Waals surface area contributed by atoms with Gasteiger partial charge in [-0.05, 0) is 0 Å². The second-order valence-corrected chi connectivity index (χ2v) is 11.0. The predicted molar refractivity (Wildman–Crippen MR) is 82.4 cm³/mol. The number of rotatable bonds is 8. The topological polar surface area (TPSA) is 401 Å². The van der Waals surface area contributed by atoms with E-state index in [1.165, 1.54) is 0 Å². The van der Waals surface area contributed by atoms with Crippen molar-refractivity contribution in [2.75, 3.05) is 0 Å². The van der Waals surface area contributed by atoms with Crippen LogP contribution < -0.4 is 48.9 Å². The van der Waals surface area contributed by atoms with E-state index in [2.05, 4.69) is 17.2 Å². The first-order valence-electron chi connectivity index (χ1n) is 4.38. The van der Waals surface area contributed by atoms with Crippen molar-refractivity contribution in [3.63, 3.8) is 0 Å². The molecule has 0 aliphatic carbocycles. The smallest absolute Gasteiger partial charge is 0.790 e. The van der Waals surface area contributed by atoms with Gasteiger partial charge in [-0.1, -0.05) is 0 Å². The molecule has 0 rings (SSSR count). The Morgan fingerprint density at radius 1 is 0.344 bits per heavy atom. The molecule has 0 aliphatic rings. The molecule has 0 aromatic carbocycles. The third-order valence-electron chi connectivity index (χ3n) is 0.800. The maximum absolute atomic E-state index is 10.1. The summed E-state index contributed by atoms with van der Waals surface area (Å²) in [4.78, 5) is 97.3. The van der Waals surface area contributed by atoms with Crippen molar-refractivity contribution >= 4 is 236 Å².